The van der Waals surface area contributed by atoms with Crippen LogP contribution in [0.2, 0.25) is 0 Å². The first-order chi connectivity index (χ1) is 26.4. The molecule has 55 heavy (non-hydrogen) atoms. The summed E-state index contributed by atoms with van der Waals surface area (Å²) in [7, 11) is -1.82. The van der Waals surface area contributed by atoms with Crippen LogP contribution in [0.1, 0.15) is 81.9 Å². The molecule has 13 nitrogen and oxygen atoms in total. The zero-order valence-corrected chi connectivity index (χ0v) is 33.6. The van der Waals surface area contributed by atoms with Crippen molar-refractivity contribution in [3.63, 3.8) is 0 Å². The van der Waals surface area contributed by atoms with Gasteiger partial charge in [-0.3, -0.25) is 18.9 Å². The molecule has 0 amide bonds. The maximum atomic E-state index is 13.0. The fourth-order valence-corrected chi connectivity index (χ4v) is 7.32. The van der Waals surface area contributed by atoms with E-state index in [1.165, 1.54) is 30.4 Å². The number of rotatable bonds is 18. The number of phosphoric acid groups is 1. The number of benzene rings is 3. The number of ether oxygens (including phenoxy) is 4. The van der Waals surface area contributed by atoms with Crippen LogP contribution in [0.3, 0.4) is 0 Å². The van der Waals surface area contributed by atoms with Gasteiger partial charge in [0.15, 0.2) is 0 Å². The summed E-state index contributed by atoms with van der Waals surface area (Å²) < 4.78 is 42.6. The minimum absolute atomic E-state index is 0.0805. The molecule has 3 aromatic carbocycles. The standard InChI is InChI=1S/C35H41N2O10P.C6H15N/c1-4-5-7-10-24-22-37(34(39)36-33(24)38)32-21-30(47-48(40,41)42)31(46-32)23-45-35(25-11-8-6-9-12-25,26-13-17-28(43-2)18-14-26)27-15-19-29(44-3)20-16-27;1-4-7(5-2)6-3/h6,8-9,11-20,22,30-32H,4-5,7,10,21,23H2,1-3H3,(H,36,38,39)(H2,40,41,42);4-6H2,1-3H3/t30?,31-,32-;/m0./s1. The lowest BCUT2D eigenvalue weighted by Gasteiger charge is -2.37. The Morgan fingerprint density at radius 2 is 1.38 bits per heavy atom. The molecule has 1 saturated heterocycles. The number of nitrogens with zero attached hydrogens (tertiary/aromatic N) is 2. The highest BCUT2D eigenvalue weighted by Crippen LogP contribution is 2.46. The molecule has 5 rings (SSSR count). The molecule has 0 aliphatic carbocycles. The van der Waals surface area contributed by atoms with Crippen molar-refractivity contribution in [2.75, 3.05) is 40.5 Å². The van der Waals surface area contributed by atoms with Gasteiger partial charge in [-0.15, -0.1) is 0 Å². The van der Waals surface area contributed by atoms with Gasteiger partial charge in [0, 0.05) is 18.2 Å². The molecule has 0 spiro atoms. The van der Waals surface area contributed by atoms with Crippen molar-refractivity contribution in [2.24, 2.45) is 0 Å². The lowest BCUT2D eigenvalue weighted by molar-refractivity contribution is -0.0934. The Hall–Kier alpha value is -4.07. The fourth-order valence-electron chi connectivity index (χ4n) is 6.75. The van der Waals surface area contributed by atoms with Crippen LogP contribution >= 0.6 is 7.82 Å². The van der Waals surface area contributed by atoms with E-state index in [2.05, 4.69) is 37.6 Å². The van der Waals surface area contributed by atoms with Gasteiger partial charge in [0.25, 0.3) is 5.56 Å². The first-order valence-electron chi connectivity index (χ1n) is 18.9. The minimum atomic E-state index is -4.98. The number of unbranched alkanes of at least 4 members (excludes halogenated alkanes) is 2. The summed E-state index contributed by atoms with van der Waals surface area (Å²) in [6.45, 7) is 12.0. The number of aromatic nitrogens is 2. The van der Waals surface area contributed by atoms with Gasteiger partial charge in [-0.2, -0.15) is 0 Å². The summed E-state index contributed by atoms with van der Waals surface area (Å²) in [6.07, 6.45) is 1.33. The number of phosphoric ester groups is 1. The molecule has 1 aliphatic heterocycles. The Labute approximate surface area is 323 Å². The van der Waals surface area contributed by atoms with E-state index in [1.54, 1.807) is 14.2 Å². The summed E-state index contributed by atoms with van der Waals surface area (Å²) in [5, 5.41) is 0. The molecule has 14 heteroatoms. The molecule has 1 fully saturated rings. The molecule has 3 atom stereocenters. The number of methoxy groups -OCH3 is 2. The third-order valence-electron chi connectivity index (χ3n) is 9.83. The van der Waals surface area contributed by atoms with Gasteiger partial charge < -0.3 is 33.6 Å². The maximum absolute atomic E-state index is 13.0. The van der Waals surface area contributed by atoms with E-state index in [4.69, 9.17) is 23.5 Å². The third-order valence-corrected chi connectivity index (χ3v) is 10.4. The van der Waals surface area contributed by atoms with Crippen molar-refractivity contribution in [1.82, 2.24) is 14.5 Å². The topological polar surface area (TPSA) is 162 Å². The van der Waals surface area contributed by atoms with Crippen LogP contribution in [-0.2, 0) is 30.6 Å². The Kier molecular flexibility index (Phi) is 16.5. The molecule has 0 bridgehead atoms. The Morgan fingerprint density at radius 3 is 1.85 bits per heavy atom. The lowest BCUT2D eigenvalue weighted by Crippen LogP contribution is -2.38. The average Bonchev–Trinajstić information content (AvgIpc) is 3.58. The molecule has 4 aromatic rings. The number of H-pyrrole nitrogens is 1. The largest absolute Gasteiger partial charge is 0.497 e. The SMILES string of the molecule is CCCCCc1cn([C@@H]2CC(OP(=O)(O)O)[C@H](COC(c3ccccc3)(c3ccc(OC)cc3)c3ccc(OC)cc3)O2)c(=O)[nH]c1=O.CCN(CC)CC. The van der Waals surface area contributed by atoms with Gasteiger partial charge in [-0.25, -0.2) is 9.36 Å². The Morgan fingerprint density at radius 1 is 0.836 bits per heavy atom. The highest BCUT2D eigenvalue weighted by Gasteiger charge is 2.45. The van der Waals surface area contributed by atoms with E-state index < -0.39 is 43.1 Å². The van der Waals surface area contributed by atoms with Gasteiger partial charge in [-0.05, 0) is 73.4 Å². The first-order valence-corrected chi connectivity index (χ1v) is 20.4. The number of aryl methyl sites for hydroxylation is 1. The van der Waals surface area contributed by atoms with Crippen molar-refractivity contribution < 1.29 is 37.8 Å². The summed E-state index contributed by atoms with van der Waals surface area (Å²) in [5.74, 6) is 1.29. The highest BCUT2D eigenvalue weighted by molar-refractivity contribution is 7.46. The summed E-state index contributed by atoms with van der Waals surface area (Å²) >= 11 is 0. The molecule has 2 heterocycles. The van der Waals surface area contributed by atoms with Crippen LogP contribution < -0.4 is 20.7 Å². The van der Waals surface area contributed by atoms with Crippen molar-refractivity contribution >= 4 is 7.82 Å². The van der Waals surface area contributed by atoms with Crippen LogP contribution in [0.25, 0.3) is 0 Å². The van der Waals surface area contributed by atoms with E-state index in [0.29, 0.717) is 23.5 Å². The molecular weight excluding hydrogens is 725 g/mol. The fraction of sp³-hybridized carbons (Fsp3) is 0.463. The Bertz CT molecular complexity index is 1860. The molecule has 3 N–H and O–H groups in total. The smallest absolute Gasteiger partial charge is 0.469 e. The number of nitrogens with one attached hydrogen (secondary N) is 1. The van der Waals surface area contributed by atoms with E-state index in [9.17, 15) is 23.9 Å². The van der Waals surface area contributed by atoms with Crippen molar-refractivity contribution in [3.8, 4) is 11.5 Å². The molecule has 1 aliphatic rings. The normalized spacial score (nSPS) is 17.1. The number of aromatic amines is 1. The van der Waals surface area contributed by atoms with Crippen LogP contribution in [0.15, 0.2) is 94.6 Å². The number of hydrogen-bond acceptors (Lipinski definition) is 9. The molecular formula is C41H56N3O10P. The van der Waals surface area contributed by atoms with E-state index >= 15 is 0 Å². The van der Waals surface area contributed by atoms with E-state index in [1.807, 2.05) is 78.9 Å². The second kappa shape index (κ2) is 20.7. The third kappa shape index (κ3) is 11.5. The maximum Gasteiger partial charge on any atom is 0.469 e. The highest BCUT2D eigenvalue weighted by atomic mass is 31.2. The van der Waals surface area contributed by atoms with Crippen molar-refractivity contribution in [1.29, 1.82) is 0 Å². The molecule has 300 valence electrons. The molecule has 1 aromatic heterocycles. The molecule has 0 saturated carbocycles. The number of hydrogen-bond donors (Lipinski definition) is 3. The predicted octanol–water partition coefficient (Wildman–Crippen LogP) is 6.41. The van der Waals surface area contributed by atoms with Gasteiger partial charge in [0.05, 0.1) is 20.8 Å². The van der Waals surface area contributed by atoms with Crippen LogP contribution in [0, 0.1) is 0 Å². The average molecular weight is 782 g/mol. The zero-order valence-electron chi connectivity index (χ0n) is 32.7. The molecule has 1 unspecified atom stereocenters. The zero-order chi connectivity index (χ0) is 40.0. The summed E-state index contributed by atoms with van der Waals surface area (Å²) in [4.78, 5) is 49.9. The van der Waals surface area contributed by atoms with Gasteiger partial charge in [-0.1, -0.05) is 95.1 Å². The van der Waals surface area contributed by atoms with Crippen molar-refractivity contribution in [2.45, 2.75) is 83.8 Å². The second-order valence-corrected chi connectivity index (χ2v) is 14.4. The van der Waals surface area contributed by atoms with Gasteiger partial charge >= 0.3 is 13.5 Å². The summed E-state index contributed by atoms with van der Waals surface area (Å²) in [5.41, 5.74) is 0.271. The van der Waals surface area contributed by atoms with Crippen LogP contribution in [0.5, 0.6) is 11.5 Å². The van der Waals surface area contributed by atoms with E-state index in [-0.39, 0.29) is 13.0 Å². The minimum Gasteiger partial charge on any atom is -0.497 e. The van der Waals surface area contributed by atoms with Gasteiger partial charge in [0.2, 0.25) is 0 Å². The summed E-state index contributed by atoms with van der Waals surface area (Å²) in [6, 6.07) is 24.4. The second-order valence-electron chi connectivity index (χ2n) is 13.2. The van der Waals surface area contributed by atoms with Crippen molar-refractivity contribution in [3.05, 3.63) is 128 Å². The van der Waals surface area contributed by atoms with E-state index in [0.717, 1.165) is 36.0 Å². The van der Waals surface area contributed by atoms with Crippen LogP contribution in [0.4, 0.5) is 0 Å². The van der Waals surface area contributed by atoms with Crippen LogP contribution in [-0.4, -0.2) is 76.9 Å². The first kappa shape index (κ1) is 43.7. The quantitative estimate of drug-likeness (QED) is 0.0582. The molecule has 0 radical (unpaired) electrons. The monoisotopic (exact) mass is 781 g/mol. The van der Waals surface area contributed by atoms with Gasteiger partial charge in [0.1, 0.15) is 35.5 Å². The lowest BCUT2D eigenvalue weighted by atomic mass is 9.80. The predicted molar refractivity (Wildman–Crippen MR) is 212 cm³/mol. The Balaban J connectivity index is 0.000000876.